The zero-order valence-electron chi connectivity index (χ0n) is 13.6. The minimum Gasteiger partial charge on any atom is -0.494 e. The van der Waals surface area contributed by atoms with Crippen LogP contribution in [0.5, 0.6) is 5.75 Å². The Labute approximate surface area is 141 Å². The highest BCUT2D eigenvalue weighted by molar-refractivity contribution is 5.79. The molecule has 6 nitrogen and oxygen atoms in total. The number of hydrogen-bond acceptors (Lipinski definition) is 4. The predicted molar refractivity (Wildman–Crippen MR) is 86.7 cm³/mol. The summed E-state index contributed by atoms with van der Waals surface area (Å²) >= 11 is 0. The lowest BCUT2D eigenvalue weighted by molar-refractivity contribution is -0.137. The fraction of sp³-hybridized carbons (Fsp3) is 0.556. The van der Waals surface area contributed by atoms with Gasteiger partial charge in [0.1, 0.15) is 5.75 Å². The molecule has 3 unspecified atom stereocenters. The molecule has 2 N–H and O–H groups in total. The zero-order chi connectivity index (χ0) is 16.9. The highest BCUT2D eigenvalue weighted by Crippen LogP contribution is 2.38. The van der Waals surface area contributed by atoms with Crippen molar-refractivity contribution in [2.24, 2.45) is 5.92 Å². The van der Waals surface area contributed by atoms with Crippen LogP contribution >= 0.6 is 0 Å². The third-order valence-corrected chi connectivity index (χ3v) is 4.64. The SMILES string of the molecule is O=C(O)CCCOc1ccc(CNC(=O)C2CC3CCC2O3)cc1. The first-order valence-corrected chi connectivity index (χ1v) is 8.48. The van der Waals surface area contributed by atoms with E-state index in [0.29, 0.717) is 25.3 Å². The van der Waals surface area contributed by atoms with Crippen LogP contribution in [-0.2, 0) is 20.9 Å². The largest absolute Gasteiger partial charge is 0.494 e. The van der Waals surface area contributed by atoms with Crippen molar-refractivity contribution in [3.05, 3.63) is 29.8 Å². The molecule has 130 valence electrons. The van der Waals surface area contributed by atoms with Crippen molar-refractivity contribution in [1.82, 2.24) is 5.32 Å². The van der Waals surface area contributed by atoms with Gasteiger partial charge in [-0.25, -0.2) is 0 Å². The van der Waals surface area contributed by atoms with E-state index in [2.05, 4.69) is 5.32 Å². The number of benzene rings is 1. The van der Waals surface area contributed by atoms with E-state index in [1.54, 1.807) is 0 Å². The monoisotopic (exact) mass is 333 g/mol. The number of hydrogen-bond donors (Lipinski definition) is 2. The van der Waals surface area contributed by atoms with E-state index in [4.69, 9.17) is 14.6 Å². The standard InChI is InChI=1S/C18H23NO5/c20-17(21)2-1-9-23-13-5-3-12(4-6-13)11-19-18(22)15-10-14-7-8-16(15)24-14/h3-6,14-16H,1-2,7-11H2,(H,19,22)(H,20,21). The Morgan fingerprint density at radius 1 is 1.25 bits per heavy atom. The number of fused-ring (bicyclic) bond motifs is 2. The second kappa shape index (κ2) is 7.66. The van der Waals surface area contributed by atoms with Crippen LogP contribution in [0.1, 0.15) is 37.7 Å². The minimum atomic E-state index is -0.814. The molecule has 3 rings (SSSR count). The molecule has 6 heteroatoms. The van der Waals surface area contributed by atoms with Crippen molar-refractivity contribution in [3.8, 4) is 5.75 Å². The number of carboxylic acid groups (broad SMARTS) is 1. The Bertz CT molecular complexity index is 586. The summed E-state index contributed by atoms with van der Waals surface area (Å²) in [4.78, 5) is 22.7. The molecule has 0 saturated carbocycles. The summed E-state index contributed by atoms with van der Waals surface area (Å²) in [6, 6.07) is 7.49. The van der Waals surface area contributed by atoms with Crippen LogP contribution in [0.2, 0.25) is 0 Å². The Kier molecular flexibility index (Phi) is 5.35. The molecule has 24 heavy (non-hydrogen) atoms. The minimum absolute atomic E-state index is 0.000548. The van der Waals surface area contributed by atoms with E-state index in [9.17, 15) is 9.59 Å². The lowest BCUT2D eigenvalue weighted by atomic mass is 9.88. The van der Waals surface area contributed by atoms with Gasteiger partial charge in [-0.1, -0.05) is 12.1 Å². The average molecular weight is 333 g/mol. The molecule has 2 saturated heterocycles. The maximum absolute atomic E-state index is 12.2. The smallest absolute Gasteiger partial charge is 0.303 e. The van der Waals surface area contributed by atoms with Gasteiger partial charge in [-0.2, -0.15) is 0 Å². The summed E-state index contributed by atoms with van der Waals surface area (Å²) in [6.45, 7) is 0.874. The van der Waals surface area contributed by atoms with E-state index >= 15 is 0 Å². The van der Waals surface area contributed by atoms with Crippen LogP contribution < -0.4 is 10.1 Å². The molecular weight excluding hydrogens is 310 g/mol. The first kappa shape index (κ1) is 16.8. The number of carbonyl (C=O) groups is 2. The van der Waals surface area contributed by atoms with Gasteiger partial charge in [0.05, 0.1) is 24.7 Å². The van der Waals surface area contributed by atoms with E-state index in [1.807, 2.05) is 24.3 Å². The fourth-order valence-electron chi connectivity index (χ4n) is 3.35. The molecule has 0 radical (unpaired) electrons. The van der Waals surface area contributed by atoms with Gasteiger partial charge in [-0.3, -0.25) is 9.59 Å². The van der Waals surface area contributed by atoms with Crippen LogP contribution in [0.25, 0.3) is 0 Å². The zero-order valence-corrected chi connectivity index (χ0v) is 13.6. The lowest BCUT2D eigenvalue weighted by Crippen LogP contribution is -2.35. The van der Waals surface area contributed by atoms with Gasteiger partial charge in [-0.05, 0) is 43.4 Å². The van der Waals surface area contributed by atoms with Crippen molar-refractivity contribution in [2.75, 3.05) is 6.61 Å². The van der Waals surface area contributed by atoms with Crippen LogP contribution in [0.4, 0.5) is 0 Å². The lowest BCUT2D eigenvalue weighted by Gasteiger charge is -2.18. The first-order chi connectivity index (χ1) is 11.6. The van der Waals surface area contributed by atoms with E-state index in [-0.39, 0.29) is 30.5 Å². The maximum atomic E-state index is 12.2. The number of carbonyl (C=O) groups excluding carboxylic acids is 1. The average Bonchev–Trinajstić information content (AvgIpc) is 3.20. The molecule has 2 heterocycles. The molecular formula is C18H23NO5. The van der Waals surface area contributed by atoms with Gasteiger partial charge in [0, 0.05) is 13.0 Å². The van der Waals surface area contributed by atoms with Gasteiger partial charge in [-0.15, -0.1) is 0 Å². The summed E-state index contributed by atoms with van der Waals surface area (Å²) in [7, 11) is 0. The van der Waals surface area contributed by atoms with E-state index in [1.165, 1.54) is 0 Å². The third-order valence-electron chi connectivity index (χ3n) is 4.64. The molecule has 2 aliphatic heterocycles. The van der Waals surface area contributed by atoms with Crippen LogP contribution in [-0.4, -0.2) is 35.8 Å². The van der Waals surface area contributed by atoms with Gasteiger partial charge in [0.15, 0.2) is 0 Å². The summed E-state index contributed by atoms with van der Waals surface area (Å²) in [5.41, 5.74) is 1.00. The number of amides is 1. The molecule has 0 aliphatic carbocycles. The van der Waals surface area contributed by atoms with Crippen LogP contribution in [0.3, 0.4) is 0 Å². The van der Waals surface area contributed by atoms with E-state index < -0.39 is 5.97 Å². The van der Waals surface area contributed by atoms with Crippen molar-refractivity contribution in [2.45, 2.75) is 50.9 Å². The number of rotatable bonds is 8. The highest BCUT2D eigenvalue weighted by atomic mass is 16.5. The summed E-state index contributed by atoms with van der Waals surface area (Å²) in [5.74, 6) is -0.0284. The Morgan fingerprint density at radius 2 is 2.04 bits per heavy atom. The predicted octanol–water partition coefficient (Wildman–Crippen LogP) is 2.11. The second-order valence-corrected chi connectivity index (χ2v) is 6.42. The molecule has 0 spiro atoms. The molecule has 1 aromatic carbocycles. The molecule has 3 atom stereocenters. The van der Waals surface area contributed by atoms with Crippen LogP contribution in [0.15, 0.2) is 24.3 Å². The molecule has 2 aliphatic rings. The van der Waals surface area contributed by atoms with Gasteiger partial charge >= 0.3 is 5.97 Å². The quantitative estimate of drug-likeness (QED) is 0.712. The van der Waals surface area contributed by atoms with Crippen molar-refractivity contribution < 1.29 is 24.2 Å². The van der Waals surface area contributed by atoms with Crippen LogP contribution in [0, 0.1) is 5.92 Å². The molecule has 2 bridgehead atoms. The maximum Gasteiger partial charge on any atom is 0.303 e. The van der Waals surface area contributed by atoms with Crippen molar-refractivity contribution >= 4 is 11.9 Å². The first-order valence-electron chi connectivity index (χ1n) is 8.48. The number of carboxylic acids is 1. The number of nitrogens with one attached hydrogen (secondary N) is 1. The normalized spacial score (nSPS) is 24.8. The van der Waals surface area contributed by atoms with Crippen molar-refractivity contribution in [1.29, 1.82) is 0 Å². The molecule has 2 fully saturated rings. The van der Waals surface area contributed by atoms with Crippen molar-refractivity contribution in [3.63, 3.8) is 0 Å². The summed E-state index contributed by atoms with van der Waals surface area (Å²) in [5, 5.41) is 11.6. The Balaban J connectivity index is 1.39. The molecule has 1 aromatic rings. The summed E-state index contributed by atoms with van der Waals surface area (Å²) in [6.07, 6.45) is 3.91. The van der Waals surface area contributed by atoms with E-state index in [0.717, 1.165) is 24.8 Å². The Hall–Kier alpha value is -2.08. The highest BCUT2D eigenvalue weighted by Gasteiger charge is 2.44. The van der Waals surface area contributed by atoms with Gasteiger partial charge in [0.25, 0.3) is 0 Å². The Morgan fingerprint density at radius 3 is 2.67 bits per heavy atom. The third kappa shape index (κ3) is 4.26. The fourth-order valence-corrected chi connectivity index (χ4v) is 3.35. The topological polar surface area (TPSA) is 84.9 Å². The molecule has 0 aromatic heterocycles. The van der Waals surface area contributed by atoms with Gasteiger partial charge < -0.3 is 19.9 Å². The summed E-state index contributed by atoms with van der Waals surface area (Å²) < 4.78 is 11.2. The molecule has 1 amide bonds. The second-order valence-electron chi connectivity index (χ2n) is 6.42. The number of ether oxygens (including phenoxy) is 2. The van der Waals surface area contributed by atoms with Gasteiger partial charge in [0.2, 0.25) is 5.91 Å². The number of aliphatic carboxylic acids is 1.